The van der Waals surface area contributed by atoms with Gasteiger partial charge in [-0.25, -0.2) is 4.79 Å². The van der Waals surface area contributed by atoms with E-state index in [1.807, 2.05) is 13.8 Å². The summed E-state index contributed by atoms with van der Waals surface area (Å²) in [5, 5.41) is 2.64. The van der Waals surface area contributed by atoms with Gasteiger partial charge in [-0.2, -0.15) is 0 Å². The number of amides is 1. The molecule has 6 nitrogen and oxygen atoms in total. The Labute approximate surface area is 124 Å². The number of methoxy groups -OCH3 is 1. The molecular formula is C15H22N2O4. The van der Waals surface area contributed by atoms with Crippen molar-refractivity contribution in [3.8, 4) is 5.75 Å². The number of nitrogen functional groups attached to an aromatic ring is 1. The van der Waals surface area contributed by atoms with Crippen LogP contribution in [-0.4, -0.2) is 31.6 Å². The SMILES string of the molecule is CCC(C)C(NC(=O)COc1ccc(N)cc1)C(=O)OC. The highest BCUT2D eigenvalue weighted by atomic mass is 16.5. The number of carbonyl (C=O) groups excluding carboxylic acids is 2. The minimum atomic E-state index is -0.664. The quantitative estimate of drug-likeness (QED) is 0.585. The van der Waals surface area contributed by atoms with E-state index in [2.05, 4.69) is 5.32 Å². The normalized spacial score (nSPS) is 13.1. The fourth-order valence-corrected chi connectivity index (χ4v) is 1.72. The van der Waals surface area contributed by atoms with Crippen molar-refractivity contribution in [2.75, 3.05) is 19.5 Å². The summed E-state index contributed by atoms with van der Waals surface area (Å²) in [5.74, 6) is -0.303. The Morgan fingerprint density at radius 1 is 1.29 bits per heavy atom. The van der Waals surface area contributed by atoms with Gasteiger partial charge in [0.2, 0.25) is 0 Å². The molecule has 0 aliphatic rings. The molecular weight excluding hydrogens is 272 g/mol. The third-order valence-electron chi connectivity index (χ3n) is 3.23. The molecule has 1 aromatic carbocycles. The summed E-state index contributed by atoms with van der Waals surface area (Å²) in [6, 6.07) is 6.06. The van der Waals surface area contributed by atoms with Crippen molar-refractivity contribution in [3.63, 3.8) is 0 Å². The molecule has 1 rings (SSSR count). The first-order chi connectivity index (χ1) is 9.97. The first-order valence-corrected chi connectivity index (χ1v) is 6.83. The summed E-state index contributed by atoms with van der Waals surface area (Å²) >= 11 is 0. The second kappa shape index (κ2) is 8.14. The Morgan fingerprint density at radius 3 is 2.43 bits per heavy atom. The molecule has 0 spiro atoms. The van der Waals surface area contributed by atoms with Crippen molar-refractivity contribution in [1.82, 2.24) is 5.32 Å². The zero-order valence-corrected chi connectivity index (χ0v) is 12.6. The third kappa shape index (κ3) is 5.33. The largest absolute Gasteiger partial charge is 0.484 e. The number of nitrogens with two attached hydrogens (primary N) is 1. The van der Waals surface area contributed by atoms with Crippen molar-refractivity contribution in [3.05, 3.63) is 24.3 Å². The van der Waals surface area contributed by atoms with Gasteiger partial charge in [-0.3, -0.25) is 4.79 Å². The van der Waals surface area contributed by atoms with Crippen LogP contribution in [0.4, 0.5) is 5.69 Å². The predicted molar refractivity (Wildman–Crippen MR) is 79.8 cm³/mol. The topological polar surface area (TPSA) is 90.6 Å². The first-order valence-electron chi connectivity index (χ1n) is 6.83. The van der Waals surface area contributed by atoms with Gasteiger partial charge in [0.1, 0.15) is 11.8 Å². The van der Waals surface area contributed by atoms with Crippen molar-refractivity contribution in [2.45, 2.75) is 26.3 Å². The van der Waals surface area contributed by atoms with Gasteiger partial charge in [-0.15, -0.1) is 0 Å². The second-order valence-electron chi connectivity index (χ2n) is 4.81. The van der Waals surface area contributed by atoms with Gasteiger partial charge in [0.15, 0.2) is 6.61 Å². The van der Waals surface area contributed by atoms with Gasteiger partial charge in [0.05, 0.1) is 7.11 Å². The molecule has 0 saturated heterocycles. The molecule has 0 aromatic heterocycles. The van der Waals surface area contributed by atoms with Crippen LogP contribution in [0.1, 0.15) is 20.3 Å². The molecule has 0 aliphatic heterocycles. The van der Waals surface area contributed by atoms with E-state index >= 15 is 0 Å². The number of hydrogen-bond acceptors (Lipinski definition) is 5. The van der Waals surface area contributed by atoms with Crippen LogP contribution in [0.3, 0.4) is 0 Å². The van der Waals surface area contributed by atoms with E-state index in [9.17, 15) is 9.59 Å². The van der Waals surface area contributed by atoms with Gasteiger partial charge in [0, 0.05) is 5.69 Å². The standard InChI is InChI=1S/C15H22N2O4/c1-4-10(2)14(15(19)20-3)17-13(18)9-21-12-7-5-11(16)6-8-12/h5-8,10,14H,4,9,16H2,1-3H3,(H,17,18). The lowest BCUT2D eigenvalue weighted by Crippen LogP contribution is -2.47. The van der Waals surface area contributed by atoms with E-state index in [-0.39, 0.29) is 18.4 Å². The predicted octanol–water partition coefficient (Wildman–Crippen LogP) is 1.35. The summed E-state index contributed by atoms with van der Waals surface area (Å²) in [5.41, 5.74) is 6.18. The fourth-order valence-electron chi connectivity index (χ4n) is 1.72. The molecule has 3 N–H and O–H groups in total. The molecule has 2 atom stereocenters. The molecule has 0 bridgehead atoms. The first kappa shape index (κ1) is 16.8. The maximum atomic E-state index is 11.9. The van der Waals surface area contributed by atoms with Gasteiger partial charge >= 0.3 is 5.97 Å². The minimum Gasteiger partial charge on any atom is -0.484 e. The number of esters is 1. The maximum Gasteiger partial charge on any atom is 0.328 e. The highest BCUT2D eigenvalue weighted by molar-refractivity contribution is 5.85. The van der Waals surface area contributed by atoms with Crippen molar-refractivity contribution >= 4 is 17.6 Å². The molecule has 0 aliphatic carbocycles. The van der Waals surface area contributed by atoms with Crippen molar-refractivity contribution in [1.29, 1.82) is 0 Å². The monoisotopic (exact) mass is 294 g/mol. The molecule has 0 saturated carbocycles. The number of anilines is 1. The van der Waals surface area contributed by atoms with Crippen LogP contribution in [-0.2, 0) is 14.3 Å². The number of hydrogen-bond donors (Lipinski definition) is 2. The van der Waals surface area contributed by atoms with Crippen LogP contribution in [0.15, 0.2) is 24.3 Å². The summed E-state index contributed by atoms with van der Waals surface area (Å²) in [6.45, 7) is 3.65. The van der Waals surface area contributed by atoms with E-state index in [0.717, 1.165) is 6.42 Å². The van der Waals surface area contributed by atoms with Crippen molar-refractivity contribution < 1.29 is 19.1 Å². The van der Waals surface area contributed by atoms with Gasteiger partial charge in [-0.1, -0.05) is 20.3 Å². The molecule has 6 heteroatoms. The molecule has 2 unspecified atom stereocenters. The Bertz CT molecular complexity index is 473. The van der Waals surface area contributed by atoms with E-state index in [1.165, 1.54) is 7.11 Å². The molecule has 21 heavy (non-hydrogen) atoms. The third-order valence-corrected chi connectivity index (χ3v) is 3.23. The van der Waals surface area contributed by atoms with Crippen LogP contribution >= 0.6 is 0 Å². The molecule has 0 heterocycles. The van der Waals surface area contributed by atoms with E-state index in [0.29, 0.717) is 11.4 Å². The second-order valence-corrected chi connectivity index (χ2v) is 4.81. The maximum absolute atomic E-state index is 11.9. The molecule has 1 amide bonds. The molecule has 0 fully saturated rings. The number of rotatable bonds is 7. The van der Waals surface area contributed by atoms with E-state index in [1.54, 1.807) is 24.3 Å². The van der Waals surface area contributed by atoms with E-state index < -0.39 is 12.0 Å². The summed E-state index contributed by atoms with van der Waals surface area (Å²) in [4.78, 5) is 23.5. The van der Waals surface area contributed by atoms with Crippen molar-refractivity contribution in [2.24, 2.45) is 5.92 Å². The number of nitrogens with one attached hydrogen (secondary N) is 1. The summed E-state index contributed by atoms with van der Waals surface area (Å²) in [6.07, 6.45) is 0.749. The van der Waals surface area contributed by atoms with Crippen LogP contribution in [0, 0.1) is 5.92 Å². The van der Waals surface area contributed by atoms with Crippen LogP contribution < -0.4 is 15.8 Å². The molecule has 0 radical (unpaired) electrons. The summed E-state index contributed by atoms with van der Waals surface area (Å²) in [7, 11) is 1.30. The minimum absolute atomic E-state index is 0.0158. The Hall–Kier alpha value is -2.24. The zero-order valence-electron chi connectivity index (χ0n) is 12.6. The Kier molecular flexibility index (Phi) is 6.52. The lowest BCUT2D eigenvalue weighted by molar-refractivity contribution is -0.146. The molecule has 116 valence electrons. The van der Waals surface area contributed by atoms with Gasteiger partial charge in [0.25, 0.3) is 5.91 Å². The number of carbonyl (C=O) groups is 2. The highest BCUT2D eigenvalue weighted by Crippen LogP contribution is 2.13. The smallest absolute Gasteiger partial charge is 0.328 e. The molecule has 1 aromatic rings. The van der Waals surface area contributed by atoms with Gasteiger partial charge < -0.3 is 20.5 Å². The lowest BCUT2D eigenvalue weighted by atomic mass is 9.99. The summed E-state index contributed by atoms with van der Waals surface area (Å²) < 4.78 is 10.0. The Balaban J connectivity index is 2.53. The zero-order chi connectivity index (χ0) is 15.8. The van der Waals surface area contributed by atoms with Crippen LogP contribution in [0.25, 0.3) is 0 Å². The van der Waals surface area contributed by atoms with E-state index in [4.69, 9.17) is 15.2 Å². The number of ether oxygens (including phenoxy) is 2. The van der Waals surface area contributed by atoms with Gasteiger partial charge in [-0.05, 0) is 30.2 Å². The lowest BCUT2D eigenvalue weighted by Gasteiger charge is -2.21. The highest BCUT2D eigenvalue weighted by Gasteiger charge is 2.26. The average Bonchev–Trinajstić information content (AvgIpc) is 2.50. The average molecular weight is 294 g/mol. The number of benzene rings is 1. The van der Waals surface area contributed by atoms with Crippen LogP contribution in [0.2, 0.25) is 0 Å². The van der Waals surface area contributed by atoms with Crippen LogP contribution in [0.5, 0.6) is 5.75 Å². The fraction of sp³-hybridized carbons (Fsp3) is 0.467. The Morgan fingerprint density at radius 2 is 1.90 bits per heavy atom.